The smallest absolute Gasteiger partial charge is 0.341 e. The van der Waals surface area contributed by atoms with Crippen molar-refractivity contribution in [2.45, 2.75) is 19.9 Å². The van der Waals surface area contributed by atoms with Gasteiger partial charge in [0.2, 0.25) is 0 Å². The number of thiophene rings is 1. The zero-order valence-corrected chi connectivity index (χ0v) is 18.3. The summed E-state index contributed by atoms with van der Waals surface area (Å²) >= 11 is 1.44. The van der Waals surface area contributed by atoms with Gasteiger partial charge in [0, 0.05) is 18.0 Å². The number of hydrogen-bond acceptors (Lipinski definition) is 6. The van der Waals surface area contributed by atoms with E-state index < -0.39 is 5.97 Å². The highest BCUT2D eigenvalue weighted by Gasteiger charge is 2.29. The van der Waals surface area contributed by atoms with E-state index >= 15 is 0 Å². The standard InChI is InChI=1S/C24H24N2O4S/c1-3-29-24(28)21-18-13-14-26(2)15-20(18)31-23(21)25-22(27)17-11-7-8-12-19(17)30-16-9-5-4-6-10-16/h4-12H,3,13-15H2,1-2H3,(H,25,27). The van der Waals surface area contributed by atoms with Gasteiger partial charge in [-0.25, -0.2) is 4.79 Å². The average molecular weight is 437 g/mol. The van der Waals surface area contributed by atoms with E-state index in [0.717, 1.165) is 30.0 Å². The number of benzene rings is 2. The van der Waals surface area contributed by atoms with Gasteiger partial charge < -0.3 is 19.7 Å². The molecule has 2 aromatic carbocycles. The lowest BCUT2D eigenvalue weighted by Crippen LogP contribution is -2.26. The number of anilines is 1. The van der Waals surface area contributed by atoms with Crippen molar-refractivity contribution in [3.63, 3.8) is 0 Å². The summed E-state index contributed by atoms with van der Waals surface area (Å²) in [4.78, 5) is 29.2. The molecule has 0 aliphatic carbocycles. The highest BCUT2D eigenvalue weighted by molar-refractivity contribution is 7.17. The molecule has 0 radical (unpaired) electrons. The Morgan fingerprint density at radius 3 is 2.61 bits per heavy atom. The van der Waals surface area contributed by atoms with Crippen molar-refractivity contribution in [1.82, 2.24) is 4.90 Å². The predicted octanol–water partition coefficient (Wildman–Crippen LogP) is 4.96. The Bertz CT molecular complexity index is 1090. The zero-order chi connectivity index (χ0) is 21.8. The van der Waals surface area contributed by atoms with Crippen molar-refractivity contribution in [1.29, 1.82) is 0 Å². The van der Waals surface area contributed by atoms with Crippen LogP contribution in [0.25, 0.3) is 0 Å². The van der Waals surface area contributed by atoms with Gasteiger partial charge in [0.05, 0.1) is 17.7 Å². The van der Waals surface area contributed by atoms with Crippen LogP contribution in [0.15, 0.2) is 54.6 Å². The number of carbonyl (C=O) groups is 2. The van der Waals surface area contributed by atoms with Gasteiger partial charge >= 0.3 is 5.97 Å². The molecule has 1 aliphatic heterocycles. The first-order chi connectivity index (χ1) is 15.1. The molecule has 2 heterocycles. The van der Waals surface area contributed by atoms with Gasteiger partial charge in [-0.1, -0.05) is 30.3 Å². The molecule has 3 aromatic rings. The fourth-order valence-corrected chi connectivity index (χ4v) is 4.88. The highest BCUT2D eigenvalue weighted by atomic mass is 32.1. The van der Waals surface area contributed by atoms with E-state index in [1.165, 1.54) is 11.3 Å². The summed E-state index contributed by atoms with van der Waals surface area (Å²) in [6.45, 7) is 3.66. The summed E-state index contributed by atoms with van der Waals surface area (Å²) in [5.41, 5.74) is 1.85. The summed E-state index contributed by atoms with van der Waals surface area (Å²) < 4.78 is 11.2. The number of para-hydroxylation sites is 2. The molecule has 160 valence electrons. The van der Waals surface area contributed by atoms with Crippen molar-refractivity contribution in [2.75, 3.05) is 25.5 Å². The maximum Gasteiger partial charge on any atom is 0.341 e. The number of rotatable bonds is 6. The van der Waals surface area contributed by atoms with Gasteiger partial charge in [0.15, 0.2) is 0 Å². The minimum absolute atomic E-state index is 0.282. The van der Waals surface area contributed by atoms with Crippen molar-refractivity contribution in [3.8, 4) is 11.5 Å². The molecule has 6 nitrogen and oxygen atoms in total. The van der Waals surface area contributed by atoms with E-state index in [1.54, 1.807) is 25.1 Å². The lowest BCUT2D eigenvalue weighted by Gasteiger charge is -2.22. The van der Waals surface area contributed by atoms with Crippen LogP contribution >= 0.6 is 11.3 Å². The minimum atomic E-state index is -0.395. The maximum absolute atomic E-state index is 13.2. The Balaban J connectivity index is 1.64. The van der Waals surface area contributed by atoms with E-state index in [9.17, 15) is 9.59 Å². The van der Waals surface area contributed by atoms with E-state index in [2.05, 4.69) is 10.2 Å². The number of hydrogen-bond donors (Lipinski definition) is 1. The number of likely N-dealkylation sites (N-methyl/N-ethyl adjacent to an activating group) is 1. The Morgan fingerprint density at radius 2 is 1.84 bits per heavy atom. The number of carbonyl (C=O) groups excluding carboxylic acids is 2. The lowest BCUT2D eigenvalue weighted by molar-refractivity contribution is 0.0526. The molecule has 31 heavy (non-hydrogen) atoms. The van der Waals surface area contributed by atoms with Gasteiger partial charge in [-0.2, -0.15) is 0 Å². The van der Waals surface area contributed by atoms with Crippen LogP contribution in [0.3, 0.4) is 0 Å². The SMILES string of the molecule is CCOC(=O)c1c(NC(=O)c2ccccc2Oc2ccccc2)sc2c1CCN(C)C2. The molecule has 0 saturated heterocycles. The Hall–Kier alpha value is -3.16. The van der Waals surface area contributed by atoms with Crippen LogP contribution in [-0.2, 0) is 17.7 Å². The minimum Gasteiger partial charge on any atom is -0.462 e. The number of nitrogens with zero attached hydrogens (tertiary/aromatic N) is 1. The largest absolute Gasteiger partial charge is 0.462 e. The molecule has 0 spiro atoms. The van der Waals surface area contributed by atoms with Crippen LogP contribution in [0.2, 0.25) is 0 Å². The van der Waals surface area contributed by atoms with Gasteiger partial charge in [-0.3, -0.25) is 4.79 Å². The predicted molar refractivity (Wildman–Crippen MR) is 121 cm³/mol. The molecule has 0 fully saturated rings. The van der Waals surface area contributed by atoms with Crippen molar-refractivity contribution < 1.29 is 19.1 Å². The van der Waals surface area contributed by atoms with Crippen LogP contribution in [0, 0.1) is 0 Å². The molecule has 0 unspecified atom stereocenters. The highest BCUT2D eigenvalue weighted by Crippen LogP contribution is 2.38. The molecular weight excluding hydrogens is 412 g/mol. The number of amides is 1. The maximum atomic E-state index is 13.2. The zero-order valence-electron chi connectivity index (χ0n) is 17.5. The third-order valence-corrected chi connectivity index (χ3v) is 6.19. The van der Waals surface area contributed by atoms with E-state index in [1.807, 2.05) is 43.4 Å². The molecule has 1 amide bonds. The van der Waals surface area contributed by atoms with Gasteiger partial charge in [-0.05, 0) is 50.2 Å². The average Bonchev–Trinajstić information content (AvgIpc) is 3.11. The van der Waals surface area contributed by atoms with Gasteiger partial charge in [0.25, 0.3) is 5.91 Å². The number of fused-ring (bicyclic) bond motifs is 1. The van der Waals surface area contributed by atoms with Crippen LogP contribution in [0.5, 0.6) is 11.5 Å². The Labute approximate surface area is 185 Å². The van der Waals surface area contributed by atoms with Crippen molar-refractivity contribution in [2.24, 2.45) is 0 Å². The van der Waals surface area contributed by atoms with E-state index in [0.29, 0.717) is 27.6 Å². The molecule has 0 saturated carbocycles. The number of ether oxygens (including phenoxy) is 2. The molecule has 1 aliphatic rings. The summed E-state index contributed by atoms with van der Waals surface area (Å²) in [6, 6.07) is 16.4. The second-order valence-corrected chi connectivity index (χ2v) is 8.39. The number of esters is 1. The fraction of sp³-hybridized carbons (Fsp3) is 0.250. The second kappa shape index (κ2) is 9.32. The molecular formula is C24H24N2O4S. The molecule has 1 N–H and O–H groups in total. The Morgan fingerprint density at radius 1 is 1.10 bits per heavy atom. The first-order valence-electron chi connectivity index (χ1n) is 10.2. The second-order valence-electron chi connectivity index (χ2n) is 7.28. The monoisotopic (exact) mass is 436 g/mol. The third kappa shape index (κ3) is 4.62. The van der Waals surface area contributed by atoms with Crippen molar-refractivity contribution in [3.05, 3.63) is 76.2 Å². The third-order valence-electron chi connectivity index (χ3n) is 5.06. The molecule has 7 heteroatoms. The molecule has 0 atom stereocenters. The Kier molecular flexibility index (Phi) is 6.34. The molecule has 1 aromatic heterocycles. The van der Waals surface area contributed by atoms with E-state index in [-0.39, 0.29) is 12.5 Å². The molecule has 4 rings (SSSR count). The van der Waals surface area contributed by atoms with Gasteiger partial charge in [-0.15, -0.1) is 11.3 Å². The van der Waals surface area contributed by atoms with Gasteiger partial charge in [0.1, 0.15) is 16.5 Å². The lowest BCUT2D eigenvalue weighted by atomic mass is 10.0. The summed E-state index contributed by atoms with van der Waals surface area (Å²) in [5, 5.41) is 3.47. The summed E-state index contributed by atoms with van der Waals surface area (Å²) in [7, 11) is 2.04. The van der Waals surface area contributed by atoms with Crippen molar-refractivity contribution >= 4 is 28.2 Å². The first-order valence-corrected chi connectivity index (χ1v) is 11.0. The van der Waals surface area contributed by atoms with Crippen LogP contribution < -0.4 is 10.1 Å². The quantitative estimate of drug-likeness (QED) is 0.554. The van der Waals surface area contributed by atoms with Crippen LogP contribution in [-0.4, -0.2) is 37.0 Å². The van der Waals surface area contributed by atoms with Crippen LogP contribution in [0.1, 0.15) is 38.1 Å². The number of nitrogens with one attached hydrogen (secondary N) is 1. The topological polar surface area (TPSA) is 67.9 Å². The molecule has 0 bridgehead atoms. The van der Waals surface area contributed by atoms with E-state index in [4.69, 9.17) is 9.47 Å². The fourth-order valence-electron chi connectivity index (χ4n) is 3.57. The summed E-state index contributed by atoms with van der Waals surface area (Å²) in [6.07, 6.45) is 0.750. The first kappa shape index (κ1) is 21.1. The summed E-state index contributed by atoms with van der Waals surface area (Å²) in [5.74, 6) is 0.368. The normalized spacial score (nSPS) is 13.4. The van der Waals surface area contributed by atoms with Crippen LogP contribution in [0.4, 0.5) is 5.00 Å².